The molecular formula is C20H24N2OSi. The van der Waals surface area contributed by atoms with Gasteiger partial charge in [-0.2, -0.15) is 0 Å². The Balaban J connectivity index is 1.98. The molecule has 0 saturated carbocycles. The second kappa shape index (κ2) is 6.02. The minimum Gasteiger partial charge on any atom is -0.543 e. The summed E-state index contributed by atoms with van der Waals surface area (Å²) in [6, 6.07) is 16.1. The van der Waals surface area contributed by atoms with Crippen molar-refractivity contribution < 1.29 is 4.43 Å². The van der Waals surface area contributed by atoms with Crippen molar-refractivity contribution in [3.8, 4) is 17.0 Å². The van der Waals surface area contributed by atoms with E-state index < -0.39 is 8.32 Å². The van der Waals surface area contributed by atoms with Gasteiger partial charge >= 0.3 is 0 Å². The lowest BCUT2D eigenvalue weighted by atomic mass is 10.1. The van der Waals surface area contributed by atoms with Crippen molar-refractivity contribution in [3.05, 3.63) is 54.7 Å². The molecule has 0 atom stereocenters. The first-order valence-corrected chi connectivity index (χ1v) is 11.2. The Morgan fingerprint density at radius 1 is 0.917 bits per heavy atom. The van der Waals surface area contributed by atoms with Crippen LogP contribution in [0.2, 0.25) is 18.1 Å². The number of fused-ring (bicyclic) bond motifs is 1. The standard InChI is InChI=1S/C20H24N2OSi/c1-20(2,3)24(4,5)23-16-11-12-17-18(13-16)22-19(14-21-17)15-9-7-6-8-10-15/h6-14H,1-5H3. The molecule has 24 heavy (non-hydrogen) atoms. The van der Waals surface area contributed by atoms with Crippen LogP contribution in [0.4, 0.5) is 0 Å². The van der Waals surface area contributed by atoms with Crippen molar-refractivity contribution in [2.45, 2.75) is 38.9 Å². The summed E-state index contributed by atoms with van der Waals surface area (Å²) in [5, 5.41) is 0.166. The minimum absolute atomic E-state index is 0.166. The van der Waals surface area contributed by atoms with Crippen molar-refractivity contribution >= 4 is 19.4 Å². The summed E-state index contributed by atoms with van der Waals surface area (Å²) in [4.78, 5) is 9.31. The van der Waals surface area contributed by atoms with E-state index in [-0.39, 0.29) is 5.04 Å². The van der Waals surface area contributed by atoms with Gasteiger partial charge in [0.05, 0.1) is 22.9 Å². The van der Waals surface area contributed by atoms with Gasteiger partial charge in [-0.3, -0.25) is 4.98 Å². The number of rotatable bonds is 3. The fourth-order valence-corrected chi connectivity index (χ4v) is 3.27. The van der Waals surface area contributed by atoms with Crippen LogP contribution >= 0.6 is 0 Å². The molecule has 1 heterocycles. The van der Waals surface area contributed by atoms with Crippen molar-refractivity contribution in [3.63, 3.8) is 0 Å². The third-order valence-corrected chi connectivity index (χ3v) is 9.12. The Bertz CT molecular complexity index is 854. The van der Waals surface area contributed by atoms with Crippen molar-refractivity contribution in [2.24, 2.45) is 0 Å². The fraction of sp³-hybridized carbons (Fsp3) is 0.300. The molecule has 0 radical (unpaired) electrons. The number of aromatic nitrogens is 2. The first-order valence-electron chi connectivity index (χ1n) is 8.27. The Morgan fingerprint density at radius 2 is 1.62 bits per heavy atom. The highest BCUT2D eigenvalue weighted by Gasteiger charge is 2.38. The third kappa shape index (κ3) is 3.34. The number of benzene rings is 2. The van der Waals surface area contributed by atoms with E-state index in [1.54, 1.807) is 0 Å². The van der Waals surface area contributed by atoms with Crippen molar-refractivity contribution in [1.29, 1.82) is 0 Å². The largest absolute Gasteiger partial charge is 0.543 e. The predicted octanol–water partition coefficient (Wildman–Crippen LogP) is 5.68. The summed E-state index contributed by atoms with van der Waals surface area (Å²) in [5.74, 6) is 0.883. The summed E-state index contributed by atoms with van der Waals surface area (Å²) in [6.07, 6.45) is 1.83. The molecule has 0 amide bonds. The second-order valence-electron chi connectivity index (χ2n) is 7.63. The molecule has 0 saturated heterocycles. The van der Waals surface area contributed by atoms with Crippen LogP contribution in [0.15, 0.2) is 54.7 Å². The van der Waals surface area contributed by atoms with Crippen LogP contribution < -0.4 is 4.43 Å². The molecule has 0 aliphatic carbocycles. The van der Waals surface area contributed by atoms with Crippen LogP contribution in [0.25, 0.3) is 22.3 Å². The molecule has 0 aliphatic rings. The highest BCUT2D eigenvalue weighted by molar-refractivity contribution is 6.74. The van der Waals surface area contributed by atoms with E-state index in [1.165, 1.54) is 0 Å². The molecule has 2 aromatic carbocycles. The molecule has 0 aliphatic heterocycles. The van der Waals surface area contributed by atoms with E-state index in [2.05, 4.69) is 38.8 Å². The number of hydrogen-bond acceptors (Lipinski definition) is 3. The van der Waals surface area contributed by atoms with E-state index in [0.29, 0.717) is 0 Å². The fourth-order valence-electron chi connectivity index (χ4n) is 2.25. The molecule has 3 rings (SSSR count). The molecule has 0 bridgehead atoms. The minimum atomic E-state index is -1.86. The van der Waals surface area contributed by atoms with Crippen molar-refractivity contribution in [2.75, 3.05) is 0 Å². The first-order chi connectivity index (χ1) is 11.3. The summed E-state index contributed by atoms with van der Waals surface area (Å²) in [7, 11) is -1.86. The van der Waals surface area contributed by atoms with Crippen molar-refractivity contribution in [1.82, 2.24) is 9.97 Å². The van der Waals surface area contributed by atoms with Gasteiger partial charge in [-0.15, -0.1) is 0 Å². The van der Waals surface area contributed by atoms with E-state index in [1.807, 2.05) is 54.7 Å². The lowest BCUT2D eigenvalue weighted by Crippen LogP contribution is -2.43. The third-order valence-electron chi connectivity index (χ3n) is 4.76. The van der Waals surface area contributed by atoms with Crippen LogP contribution in [0, 0.1) is 0 Å². The molecule has 124 valence electrons. The summed E-state index contributed by atoms with van der Waals surface area (Å²) in [6.45, 7) is 11.2. The van der Waals surface area contributed by atoms with Crippen LogP contribution in [-0.4, -0.2) is 18.3 Å². The van der Waals surface area contributed by atoms with E-state index in [0.717, 1.165) is 28.0 Å². The van der Waals surface area contributed by atoms with Gasteiger partial charge in [0.25, 0.3) is 0 Å². The predicted molar refractivity (Wildman–Crippen MR) is 103 cm³/mol. The summed E-state index contributed by atoms with van der Waals surface area (Å²) in [5.41, 5.74) is 3.71. The van der Waals surface area contributed by atoms with E-state index in [4.69, 9.17) is 9.41 Å². The molecule has 0 unspecified atom stereocenters. The molecule has 3 aromatic rings. The number of nitrogens with zero attached hydrogens (tertiary/aromatic N) is 2. The van der Waals surface area contributed by atoms with Gasteiger partial charge in [0.2, 0.25) is 8.32 Å². The molecule has 0 N–H and O–H groups in total. The van der Waals surface area contributed by atoms with Gasteiger partial charge in [-0.25, -0.2) is 4.98 Å². The smallest absolute Gasteiger partial charge is 0.250 e. The van der Waals surface area contributed by atoms with Crippen LogP contribution in [-0.2, 0) is 0 Å². The molecule has 3 nitrogen and oxygen atoms in total. The highest BCUT2D eigenvalue weighted by Crippen LogP contribution is 2.37. The Labute approximate surface area is 144 Å². The Hall–Kier alpha value is -2.20. The lowest BCUT2D eigenvalue weighted by Gasteiger charge is -2.36. The topological polar surface area (TPSA) is 35.0 Å². The van der Waals surface area contributed by atoms with Gasteiger partial charge < -0.3 is 4.43 Å². The summed E-state index contributed by atoms with van der Waals surface area (Å²) >= 11 is 0. The average Bonchev–Trinajstić information content (AvgIpc) is 2.53. The van der Waals surface area contributed by atoms with Crippen LogP contribution in [0.3, 0.4) is 0 Å². The number of hydrogen-bond donors (Lipinski definition) is 0. The van der Waals surface area contributed by atoms with Crippen LogP contribution in [0.5, 0.6) is 5.75 Å². The van der Waals surface area contributed by atoms with E-state index >= 15 is 0 Å². The first kappa shape index (κ1) is 16.6. The maximum atomic E-state index is 6.39. The average molecular weight is 337 g/mol. The zero-order valence-corrected chi connectivity index (χ0v) is 16.0. The zero-order chi connectivity index (χ0) is 17.4. The zero-order valence-electron chi connectivity index (χ0n) is 15.0. The molecule has 0 spiro atoms. The molecular weight excluding hydrogens is 312 g/mol. The maximum absolute atomic E-state index is 6.39. The lowest BCUT2D eigenvalue weighted by molar-refractivity contribution is 0.492. The van der Waals surface area contributed by atoms with Crippen LogP contribution in [0.1, 0.15) is 20.8 Å². The Kier molecular flexibility index (Phi) is 4.18. The van der Waals surface area contributed by atoms with Gasteiger partial charge in [0.1, 0.15) is 5.75 Å². The molecule has 1 aromatic heterocycles. The Morgan fingerprint density at radius 3 is 2.29 bits per heavy atom. The second-order valence-corrected chi connectivity index (χ2v) is 12.4. The van der Waals surface area contributed by atoms with Gasteiger partial charge in [0.15, 0.2) is 0 Å². The monoisotopic (exact) mass is 336 g/mol. The van der Waals surface area contributed by atoms with Gasteiger partial charge in [0, 0.05) is 11.6 Å². The SMILES string of the molecule is CC(C)(C)[Si](C)(C)Oc1ccc2ncc(-c3ccccc3)nc2c1. The normalized spacial score (nSPS) is 12.4. The summed E-state index contributed by atoms with van der Waals surface area (Å²) < 4.78 is 6.39. The molecule has 0 fully saturated rings. The molecule has 4 heteroatoms. The van der Waals surface area contributed by atoms with Gasteiger partial charge in [-0.1, -0.05) is 51.1 Å². The van der Waals surface area contributed by atoms with E-state index in [9.17, 15) is 0 Å². The highest BCUT2D eigenvalue weighted by atomic mass is 28.4. The van der Waals surface area contributed by atoms with Gasteiger partial charge in [-0.05, 0) is 30.3 Å². The maximum Gasteiger partial charge on any atom is 0.250 e. The quantitative estimate of drug-likeness (QED) is 0.577.